The molecular weight excluding hydrogens is 328 g/mol. The lowest BCUT2D eigenvalue weighted by Crippen LogP contribution is -3.00. The summed E-state index contributed by atoms with van der Waals surface area (Å²) in [5.41, 5.74) is 2.41. The van der Waals surface area contributed by atoms with Gasteiger partial charge in [0.15, 0.2) is 0 Å². The van der Waals surface area contributed by atoms with Gasteiger partial charge in [0.05, 0.1) is 4.90 Å². The summed E-state index contributed by atoms with van der Waals surface area (Å²) in [5, 5.41) is 10.5. The molecule has 0 aliphatic carbocycles. The minimum Gasteiger partial charge on any atom is -1.00 e. The molecule has 0 fully saturated rings. The number of primary sulfonamides is 1. The second-order valence-electron chi connectivity index (χ2n) is 4.64. The highest BCUT2D eigenvalue weighted by atomic mass is 35.5. The summed E-state index contributed by atoms with van der Waals surface area (Å²) in [7, 11) is -3.59. The fourth-order valence-corrected chi connectivity index (χ4v) is 3.26. The van der Waals surface area contributed by atoms with E-state index in [0.29, 0.717) is 0 Å². The molecule has 1 heterocycles. The van der Waals surface area contributed by atoms with E-state index in [1.807, 2.05) is 0 Å². The maximum absolute atomic E-state index is 11.1. The molecule has 2 aromatic rings. The Bertz CT molecular complexity index is 667. The molecule has 2 rings (SSSR count). The van der Waals surface area contributed by atoms with Crippen LogP contribution in [0, 0.1) is 6.92 Å². The lowest BCUT2D eigenvalue weighted by Gasteiger charge is -2.05. The Morgan fingerprint density at radius 2 is 1.86 bits per heavy atom. The van der Waals surface area contributed by atoms with Gasteiger partial charge in [0, 0.05) is 11.4 Å². The molecule has 0 saturated carbocycles. The van der Waals surface area contributed by atoms with Crippen LogP contribution in [0.3, 0.4) is 0 Å². The second-order valence-corrected chi connectivity index (χ2v) is 7.20. The minimum absolute atomic E-state index is 0. The second kappa shape index (κ2) is 7.91. The Hall–Kier alpha value is -0.920. The van der Waals surface area contributed by atoms with Gasteiger partial charge in [0.2, 0.25) is 10.0 Å². The first-order valence-corrected chi connectivity index (χ1v) is 8.75. The fraction of sp³-hybridized carbons (Fsp3) is 0.286. The summed E-state index contributed by atoms with van der Waals surface area (Å²) >= 11 is 1.76. The van der Waals surface area contributed by atoms with Gasteiger partial charge in [-0.2, -0.15) is 0 Å². The van der Waals surface area contributed by atoms with Crippen molar-refractivity contribution < 1.29 is 20.8 Å². The van der Waals surface area contributed by atoms with Crippen LogP contribution in [0.4, 0.5) is 0 Å². The summed E-state index contributed by atoms with van der Waals surface area (Å²) in [4.78, 5) is 1.51. The first kappa shape index (κ1) is 18.1. The van der Waals surface area contributed by atoms with E-state index in [4.69, 9.17) is 5.14 Å². The van der Waals surface area contributed by atoms with Crippen LogP contribution in [-0.4, -0.2) is 15.0 Å². The maximum Gasteiger partial charge on any atom is 0.238 e. The van der Waals surface area contributed by atoms with Crippen molar-refractivity contribution in [3.05, 3.63) is 51.7 Å². The van der Waals surface area contributed by atoms with Crippen LogP contribution >= 0.6 is 11.3 Å². The van der Waals surface area contributed by atoms with Gasteiger partial charge in [-0.1, -0.05) is 12.1 Å². The van der Waals surface area contributed by atoms with Crippen molar-refractivity contribution in [2.24, 2.45) is 5.14 Å². The Kier molecular flexibility index (Phi) is 6.83. The van der Waals surface area contributed by atoms with Gasteiger partial charge in [-0.15, -0.1) is 11.3 Å². The molecule has 116 valence electrons. The van der Waals surface area contributed by atoms with E-state index in [-0.39, 0.29) is 17.3 Å². The van der Waals surface area contributed by atoms with Crippen molar-refractivity contribution in [1.29, 1.82) is 0 Å². The molecule has 0 atom stereocenters. The molecule has 0 aliphatic rings. The number of aryl methyl sites for hydroxylation is 1. The van der Waals surface area contributed by atoms with E-state index in [2.05, 4.69) is 23.7 Å². The van der Waals surface area contributed by atoms with Crippen molar-refractivity contribution in [3.63, 3.8) is 0 Å². The summed E-state index contributed by atoms with van der Waals surface area (Å²) in [6.07, 6.45) is 0.856. The smallest absolute Gasteiger partial charge is 0.238 e. The number of nitrogens with two attached hydrogens (primary N) is 1. The van der Waals surface area contributed by atoms with Gasteiger partial charge >= 0.3 is 0 Å². The van der Waals surface area contributed by atoms with Gasteiger partial charge in [-0.3, -0.25) is 0 Å². The van der Waals surface area contributed by atoms with Crippen LogP contribution in [0.25, 0.3) is 0 Å². The summed E-state index contributed by atoms with van der Waals surface area (Å²) in [5.74, 6) is 0. The number of rotatable bonds is 6. The summed E-state index contributed by atoms with van der Waals surface area (Å²) in [6.45, 7) is 3.84. The highest BCUT2D eigenvalue weighted by Crippen LogP contribution is 2.14. The number of halogens is 1. The molecule has 7 heteroatoms. The number of benzene rings is 1. The SMILES string of the molecule is Cc1ccsc1CNCCc1ccc(S(N)(=O)=O)cc1.[Cl-]. The average molecular weight is 346 g/mol. The standard InChI is InChI=1S/C14H18N2O2S2.ClH/c1-11-7-9-19-14(11)10-16-8-6-12-2-4-13(5-3-12)20(15,17)18;/h2-5,7,9,16H,6,8,10H2,1H3,(H2,15,17,18);1H/p-1. The number of thiophene rings is 1. The Morgan fingerprint density at radius 3 is 2.38 bits per heavy atom. The zero-order chi connectivity index (χ0) is 14.6. The Balaban J connectivity index is 0.00000220. The predicted molar refractivity (Wildman–Crippen MR) is 82.3 cm³/mol. The first-order valence-electron chi connectivity index (χ1n) is 6.32. The molecule has 1 aromatic carbocycles. The van der Waals surface area contributed by atoms with Crippen molar-refractivity contribution in [1.82, 2.24) is 5.32 Å². The molecule has 0 saturated heterocycles. The fourth-order valence-electron chi connectivity index (χ4n) is 1.87. The van der Waals surface area contributed by atoms with E-state index < -0.39 is 10.0 Å². The third kappa shape index (κ3) is 5.41. The number of nitrogens with one attached hydrogen (secondary N) is 1. The minimum atomic E-state index is -3.59. The number of hydrogen-bond donors (Lipinski definition) is 2. The molecule has 1 aromatic heterocycles. The Morgan fingerprint density at radius 1 is 1.19 bits per heavy atom. The highest BCUT2D eigenvalue weighted by molar-refractivity contribution is 7.89. The summed E-state index contributed by atoms with van der Waals surface area (Å²) in [6, 6.07) is 8.82. The quantitative estimate of drug-likeness (QED) is 0.662. The van der Waals surface area contributed by atoms with Crippen LogP contribution in [-0.2, 0) is 23.0 Å². The van der Waals surface area contributed by atoms with Gasteiger partial charge in [0.1, 0.15) is 0 Å². The monoisotopic (exact) mass is 345 g/mol. The molecule has 3 N–H and O–H groups in total. The molecule has 0 amide bonds. The average Bonchev–Trinajstić information content (AvgIpc) is 2.80. The van der Waals surface area contributed by atoms with Crippen molar-refractivity contribution in [2.75, 3.05) is 6.54 Å². The largest absolute Gasteiger partial charge is 1.00 e. The van der Waals surface area contributed by atoms with Crippen LogP contribution in [0.2, 0.25) is 0 Å². The van der Waals surface area contributed by atoms with E-state index in [1.165, 1.54) is 10.4 Å². The molecule has 0 unspecified atom stereocenters. The van der Waals surface area contributed by atoms with Crippen LogP contribution < -0.4 is 22.9 Å². The van der Waals surface area contributed by atoms with E-state index in [0.717, 1.165) is 25.1 Å². The van der Waals surface area contributed by atoms with E-state index in [9.17, 15) is 8.42 Å². The summed E-state index contributed by atoms with van der Waals surface area (Å²) < 4.78 is 22.3. The van der Waals surface area contributed by atoms with Crippen molar-refractivity contribution >= 4 is 21.4 Å². The van der Waals surface area contributed by atoms with Crippen LogP contribution in [0.1, 0.15) is 16.0 Å². The topological polar surface area (TPSA) is 72.2 Å². The van der Waals surface area contributed by atoms with Gasteiger partial charge in [-0.25, -0.2) is 13.6 Å². The number of sulfonamides is 1. The highest BCUT2D eigenvalue weighted by Gasteiger charge is 2.06. The predicted octanol–water partition coefficient (Wildman–Crippen LogP) is -0.960. The third-order valence-electron chi connectivity index (χ3n) is 3.10. The van der Waals surface area contributed by atoms with Crippen LogP contribution in [0.15, 0.2) is 40.6 Å². The van der Waals surface area contributed by atoms with Gasteiger partial charge < -0.3 is 17.7 Å². The van der Waals surface area contributed by atoms with E-state index in [1.54, 1.807) is 35.6 Å². The zero-order valence-electron chi connectivity index (χ0n) is 11.7. The van der Waals surface area contributed by atoms with E-state index >= 15 is 0 Å². The molecule has 0 radical (unpaired) electrons. The van der Waals surface area contributed by atoms with Crippen LogP contribution in [0.5, 0.6) is 0 Å². The van der Waals surface area contributed by atoms with Gasteiger partial charge in [-0.05, 0) is 54.6 Å². The van der Waals surface area contributed by atoms with Gasteiger partial charge in [0.25, 0.3) is 0 Å². The third-order valence-corrected chi connectivity index (χ3v) is 5.05. The zero-order valence-corrected chi connectivity index (χ0v) is 14.1. The molecule has 0 spiro atoms. The molecular formula is C14H18ClN2O2S2-. The van der Waals surface area contributed by atoms with Crippen molar-refractivity contribution in [2.45, 2.75) is 24.8 Å². The molecule has 0 aliphatic heterocycles. The molecule has 4 nitrogen and oxygen atoms in total. The first-order chi connectivity index (χ1) is 9.47. The lowest BCUT2D eigenvalue weighted by atomic mass is 10.1. The van der Waals surface area contributed by atoms with Crippen molar-refractivity contribution in [3.8, 4) is 0 Å². The lowest BCUT2D eigenvalue weighted by molar-refractivity contribution is -0.00000674. The molecule has 21 heavy (non-hydrogen) atoms. The Labute approximate surface area is 135 Å². The number of hydrogen-bond acceptors (Lipinski definition) is 4. The molecule has 0 bridgehead atoms. The maximum atomic E-state index is 11.1. The normalized spacial score (nSPS) is 11.1.